The Kier molecular flexibility index (Phi) is 3.57. The first kappa shape index (κ1) is 12.4. The first-order valence-corrected chi connectivity index (χ1v) is 7.39. The number of carbonyl (C=O) groups excluding carboxylic acids is 1. The number of nitrogens with zero attached hydrogens (tertiary/aromatic N) is 1. The molecule has 1 aliphatic carbocycles. The van der Waals surface area contributed by atoms with Gasteiger partial charge in [0.2, 0.25) is 5.91 Å². The molecule has 3 aliphatic rings. The second kappa shape index (κ2) is 5.17. The lowest BCUT2D eigenvalue weighted by atomic mass is 9.77. The van der Waals surface area contributed by atoms with Crippen LogP contribution >= 0.6 is 0 Å². The van der Waals surface area contributed by atoms with Gasteiger partial charge >= 0.3 is 0 Å². The van der Waals surface area contributed by atoms with Crippen LogP contribution in [0.5, 0.6) is 0 Å². The predicted octanol–water partition coefficient (Wildman–Crippen LogP) is 1.16. The van der Waals surface area contributed by atoms with Gasteiger partial charge in [-0.2, -0.15) is 0 Å². The summed E-state index contributed by atoms with van der Waals surface area (Å²) in [4.78, 5) is 14.4. The van der Waals surface area contributed by atoms with Crippen LogP contribution in [0.4, 0.5) is 0 Å². The Morgan fingerprint density at radius 3 is 2.50 bits per heavy atom. The highest BCUT2D eigenvalue weighted by molar-refractivity contribution is 5.82. The zero-order chi connectivity index (χ0) is 12.4. The van der Waals surface area contributed by atoms with Gasteiger partial charge in [0.05, 0.1) is 13.2 Å². The molecule has 1 unspecified atom stereocenters. The van der Waals surface area contributed by atoms with Gasteiger partial charge in [-0.3, -0.25) is 4.79 Å². The smallest absolute Gasteiger partial charge is 0.242 e. The minimum Gasteiger partial charge on any atom is -0.378 e. The van der Waals surface area contributed by atoms with E-state index < -0.39 is 0 Å². The number of piperidine rings is 1. The van der Waals surface area contributed by atoms with Gasteiger partial charge in [0, 0.05) is 19.6 Å². The summed E-state index contributed by atoms with van der Waals surface area (Å²) in [5.74, 6) is 0.252. The molecule has 2 heterocycles. The molecule has 0 aromatic carbocycles. The number of ether oxygens (including phenoxy) is 1. The third-order valence-corrected chi connectivity index (χ3v) is 5.02. The first-order chi connectivity index (χ1) is 8.79. The summed E-state index contributed by atoms with van der Waals surface area (Å²) in [7, 11) is 0. The average Bonchev–Trinajstić information content (AvgIpc) is 2.88. The molecule has 1 saturated carbocycles. The maximum atomic E-state index is 12.3. The van der Waals surface area contributed by atoms with Crippen LogP contribution in [0.2, 0.25) is 0 Å². The molecule has 2 saturated heterocycles. The summed E-state index contributed by atoms with van der Waals surface area (Å²) >= 11 is 0. The van der Waals surface area contributed by atoms with E-state index in [1.807, 2.05) is 0 Å². The molecule has 0 aromatic heterocycles. The van der Waals surface area contributed by atoms with Gasteiger partial charge in [-0.25, -0.2) is 0 Å². The lowest BCUT2D eigenvalue weighted by Gasteiger charge is -2.41. The molecule has 18 heavy (non-hydrogen) atoms. The number of carbonyl (C=O) groups is 1. The van der Waals surface area contributed by atoms with E-state index in [2.05, 4.69) is 10.2 Å². The lowest BCUT2D eigenvalue weighted by Crippen LogP contribution is -2.54. The summed E-state index contributed by atoms with van der Waals surface area (Å²) in [5, 5.41) is 3.26. The maximum Gasteiger partial charge on any atom is 0.242 e. The Morgan fingerprint density at radius 2 is 1.89 bits per heavy atom. The van der Waals surface area contributed by atoms with Crippen LogP contribution in [0.3, 0.4) is 0 Å². The van der Waals surface area contributed by atoms with Crippen LogP contribution in [0.25, 0.3) is 0 Å². The average molecular weight is 252 g/mol. The van der Waals surface area contributed by atoms with Crippen molar-refractivity contribution in [2.75, 3.05) is 32.8 Å². The Morgan fingerprint density at radius 1 is 1.17 bits per heavy atom. The van der Waals surface area contributed by atoms with Crippen LogP contribution in [0.15, 0.2) is 0 Å². The number of amides is 1. The van der Waals surface area contributed by atoms with Crippen molar-refractivity contribution in [1.29, 1.82) is 0 Å². The van der Waals surface area contributed by atoms with E-state index in [1.54, 1.807) is 0 Å². The van der Waals surface area contributed by atoms with E-state index in [-0.39, 0.29) is 11.9 Å². The van der Waals surface area contributed by atoms with Gasteiger partial charge in [-0.1, -0.05) is 12.8 Å². The van der Waals surface area contributed by atoms with Crippen LogP contribution in [0, 0.1) is 5.41 Å². The van der Waals surface area contributed by atoms with E-state index >= 15 is 0 Å². The molecular weight excluding hydrogens is 228 g/mol. The third-order valence-electron chi connectivity index (χ3n) is 5.02. The predicted molar refractivity (Wildman–Crippen MR) is 69.3 cm³/mol. The molecular formula is C14H24N2O2. The molecule has 1 amide bonds. The van der Waals surface area contributed by atoms with Crippen molar-refractivity contribution in [2.24, 2.45) is 5.41 Å². The van der Waals surface area contributed by atoms with E-state index in [0.29, 0.717) is 12.0 Å². The maximum absolute atomic E-state index is 12.3. The van der Waals surface area contributed by atoms with Gasteiger partial charge in [-0.05, 0) is 31.1 Å². The van der Waals surface area contributed by atoms with Gasteiger partial charge in [0.1, 0.15) is 6.04 Å². The summed E-state index contributed by atoms with van der Waals surface area (Å²) < 4.78 is 5.38. The number of nitrogens with one attached hydrogen (secondary N) is 1. The quantitative estimate of drug-likeness (QED) is 0.761. The van der Waals surface area contributed by atoms with Crippen molar-refractivity contribution in [1.82, 2.24) is 10.2 Å². The van der Waals surface area contributed by atoms with Gasteiger partial charge in [0.25, 0.3) is 0 Å². The highest BCUT2D eigenvalue weighted by atomic mass is 16.5. The zero-order valence-electron chi connectivity index (χ0n) is 11.1. The van der Waals surface area contributed by atoms with Crippen molar-refractivity contribution in [2.45, 2.75) is 44.6 Å². The fourth-order valence-electron chi connectivity index (χ4n) is 3.77. The Balaban J connectivity index is 1.53. The summed E-state index contributed by atoms with van der Waals surface area (Å²) in [6.45, 7) is 3.98. The highest BCUT2D eigenvalue weighted by Crippen LogP contribution is 2.46. The second-order valence-corrected chi connectivity index (χ2v) is 6.11. The summed E-state index contributed by atoms with van der Waals surface area (Å²) in [6, 6.07) is -0.101. The Labute approximate surface area is 109 Å². The van der Waals surface area contributed by atoms with E-state index in [0.717, 1.165) is 26.2 Å². The first-order valence-electron chi connectivity index (χ1n) is 7.39. The Hall–Kier alpha value is -0.610. The third kappa shape index (κ3) is 2.41. The monoisotopic (exact) mass is 252 g/mol. The van der Waals surface area contributed by atoms with E-state index in [9.17, 15) is 4.79 Å². The molecule has 1 spiro atoms. The van der Waals surface area contributed by atoms with Gasteiger partial charge < -0.3 is 15.0 Å². The van der Waals surface area contributed by atoms with Crippen molar-refractivity contribution in [3.8, 4) is 0 Å². The fraction of sp³-hybridized carbons (Fsp3) is 0.929. The lowest BCUT2D eigenvalue weighted by molar-refractivity contribution is -0.138. The van der Waals surface area contributed by atoms with Crippen LogP contribution in [-0.4, -0.2) is 49.7 Å². The molecule has 4 nitrogen and oxygen atoms in total. The molecule has 0 aromatic rings. The standard InChI is InChI=1S/C14H24N2O2/c17-13(12-11-18-10-7-15-12)16-8-5-14(6-9-16)3-1-2-4-14/h12,15H,1-11H2. The largest absolute Gasteiger partial charge is 0.378 e. The number of hydrogen-bond donors (Lipinski definition) is 1. The fourth-order valence-corrected chi connectivity index (χ4v) is 3.77. The minimum absolute atomic E-state index is 0.101. The van der Waals surface area contributed by atoms with Crippen molar-refractivity contribution >= 4 is 5.91 Å². The second-order valence-electron chi connectivity index (χ2n) is 6.11. The van der Waals surface area contributed by atoms with E-state index in [1.165, 1.54) is 38.5 Å². The summed E-state index contributed by atoms with van der Waals surface area (Å²) in [5.41, 5.74) is 0.591. The normalized spacial score (nSPS) is 31.8. The van der Waals surface area contributed by atoms with E-state index in [4.69, 9.17) is 4.74 Å². The summed E-state index contributed by atoms with van der Waals surface area (Å²) in [6.07, 6.45) is 8.00. The molecule has 3 fully saturated rings. The van der Waals surface area contributed by atoms with Crippen LogP contribution in [0.1, 0.15) is 38.5 Å². The Bertz CT molecular complexity index is 297. The SMILES string of the molecule is O=C(C1COCCN1)N1CCC2(CCCC2)CC1. The topological polar surface area (TPSA) is 41.6 Å². The van der Waals surface area contributed by atoms with Crippen molar-refractivity contribution in [3.63, 3.8) is 0 Å². The number of hydrogen-bond acceptors (Lipinski definition) is 3. The van der Waals surface area contributed by atoms with Gasteiger partial charge in [0.15, 0.2) is 0 Å². The molecule has 1 N–H and O–H groups in total. The molecule has 1 atom stereocenters. The molecule has 4 heteroatoms. The molecule has 102 valence electrons. The number of rotatable bonds is 1. The minimum atomic E-state index is -0.101. The highest BCUT2D eigenvalue weighted by Gasteiger charge is 2.39. The number of likely N-dealkylation sites (tertiary alicyclic amines) is 1. The van der Waals surface area contributed by atoms with Crippen molar-refractivity contribution in [3.05, 3.63) is 0 Å². The molecule has 2 aliphatic heterocycles. The van der Waals surface area contributed by atoms with Crippen molar-refractivity contribution < 1.29 is 9.53 Å². The zero-order valence-corrected chi connectivity index (χ0v) is 11.1. The molecule has 0 bridgehead atoms. The van der Waals surface area contributed by atoms with Gasteiger partial charge in [-0.15, -0.1) is 0 Å². The van der Waals surface area contributed by atoms with Crippen LogP contribution < -0.4 is 5.32 Å². The molecule has 0 radical (unpaired) electrons. The van der Waals surface area contributed by atoms with Crippen LogP contribution in [-0.2, 0) is 9.53 Å². The number of morpholine rings is 1. The molecule has 3 rings (SSSR count).